The number of aliphatic carboxylic acids is 1. The summed E-state index contributed by atoms with van der Waals surface area (Å²) in [6.07, 6.45) is 0.0900. The van der Waals surface area contributed by atoms with E-state index in [2.05, 4.69) is 5.32 Å². The molecule has 5 heteroatoms. The van der Waals surface area contributed by atoms with Crippen molar-refractivity contribution in [1.82, 2.24) is 0 Å². The van der Waals surface area contributed by atoms with Gasteiger partial charge < -0.3 is 15.2 Å². The topological polar surface area (TPSA) is 58.6 Å². The maximum atomic E-state index is 10.7. The van der Waals surface area contributed by atoms with Crippen LogP contribution in [-0.2, 0) is 17.8 Å². The molecular weight excluding hydrogens is 286 g/mol. The summed E-state index contributed by atoms with van der Waals surface area (Å²) in [5, 5.41) is 12.1. The molecule has 0 aliphatic carbocycles. The Balaban J connectivity index is 1.96. The molecule has 1 aromatic heterocycles. The zero-order valence-electron chi connectivity index (χ0n) is 12.2. The molecule has 0 aliphatic heterocycles. The van der Waals surface area contributed by atoms with Crippen LogP contribution >= 0.6 is 11.3 Å². The van der Waals surface area contributed by atoms with Gasteiger partial charge in [0.15, 0.2) is 0 Å². The van der Waals surface area contributed by atoms with Crippen LogP contribution in [0.4, 0.5) is 5.69 Å². The van der Waals surface area contributed by atoms with Gasteiger partial charge in [0.05, 0.1) is 13.0 Å². The molecule has 0 unspecified atom stereocenters. The highest BCUT2D eigenvalue weighted by Gasteiger charge is 2.05. The second-order valence-electron chi connectivity index (χ2n) is 4.70. The summed E-state index contributed by atoms with van der Waals surface area (Å²) < 4.78 is 5.46. The van der Waals surface area contributed by atoms with Crippen molar-refractivity contribution in [3.8, 4) is 5.75 Å². The number of anilines is 1. The first-order valence-corrected chi connectivity index (χ1v) is 7.67. The third-order valence-electron chi connectivity index (χ3n) is 3.00. The average molecular weight is 305 g/mol. The van der Waals surface area contributed by atoms with Gasteiger partial charge in [0.1, 0.15) is 5.75 Å². The van der Waals surface area contributed by atoms with Gasteiger partial charge in [0.2, 0.25) is 0 Å². The van der Waals surface area contributed by atoms with E-state index in [1.807, 2.05) is 44.2 Å². The Hall–Kier alpha value is -2.01. The Labute approximate surface area is 128 Å². The number of rotatable bonds is 7. The molecule has 2 N–H and O–H groups in total. The van der Waals surface area contributed by atoms with Crippen LogP contribution < -0.4 is 10.1 Å². The largest absolute Gasteiger partial charge is 0.494 e. The highest BCUT2D eigenvalue weighted by atomic mass is 32.1. The van der Waals surface area contributed by atoms with Crippen LogP contribution in [0.3, 0.4) is 0 Å². The van der Waals surface area contributed by atoms with Crippen molar-refractivity contribution in [2.75, 3.05) is 11.9 Å². The third kappa shape index (κ3) is 4.49. The van der Waals surface area contributed by atoms with E-state index in [0.717, 1.165) is 26.8 Å². The average Bonchev–Trinajstić information content (AvgIpc) is 2.85. The van der Waals surface area contributed by atoms with Crippen molar-refractivity contribution in [1.29, 1.82) is 0 Å². The van der Waals surface area contributed by atoms with Gasteiger partial charge in [0.25, 0.3) is 0 Å². The Morgan fingerprint density at radius 1 is 1.29 bits per heavy atom. The van der Waals surface area contributed by atoms with Crippen LogP contribution in [0.1, 0.15) is 22.2 Å². The number of carboxylic acids is 1. The normalized spacial score (nSPS) is 10.4. The van der Waals surface area contributed by atoms with Crippen LogP contribution in [0.2, 0.25) is 0 Å². The first-order valence-electron chi connectivity index (χ1n) is 6.85. The second kappa shape index (κ2) is 7.13. The smallest absolute Gasteiger partial charge is 0.308 e. The highest BCUT2D eigenvalue weighted by molar-refractivity contribution is 7.12. The molecule has 4 nitrogen and oxygen atoms in total. The zero-order valence-corrected chi connectivity index (χ0v) is 13.0. The SMILES string of the molecule is CCOc1ccc(NCc2ccc(CC(=O)O)s2)c(C)c1. The van der Waals surface area contributed by atoms with Gasteiger partial charge in [-0.05, 0) is 49.7 Å². The third-order valence-corrected chi connectivity index (χ3v) is 4.09. The molecule has 0 amide bonds. The van der Waals surface area contributed by atoms with Crippen molar-refractivity contribution in [2.45, 2.75) is 26.8 Å². The number of hydrogen-bond donors (Lipinski definition) is 2. The molecule has 1 aromatic carbocycles. The number of nitrogens with one attached hydrogen (secondary N) is 1. The molecule has 2 rings (SSSR count). The summed E-state index contributed by atoms with van der Waals surface area (Å²) in [4.78, 5) is 12.7. The lowest BCUT2D eigenvalue weighted by atomic mass is 10.2. The molecule has 0 saturated carbocycles. The molecule has 0 atom stereocenters. The predicted octanol–water partition coefficient (Wildman–Crippen LogP) is 3.69. The lowest BCUT2D eigenvalue weighted by molar-refractivity contribution is -0.136. The number of carbonyl (C=O) groups is 1. The molecule has 1 heterocycles. The number of benzene rings is 1. The summed E-state index contributed by atoms with van der Waals surface area (Å²) >= 11 is 1.53. The maximum Gasteiger partial charge on any atom is 0.308 e. The maximum absolute atomic E-state index is 10.7. The molecule has 0 bridgehead atoms. The van der Waals surface area contributed by atoms with Crippen LogP contribution in [0.25, 0.3) is 0 Å². The Morgan fingerprint density at radius 2 is 2.05 bits per heavy atom. The molecular formula is C16H19NO3S. The zero-order chi connectivity index (χ0) is 15.2. The van der Waals surface area contributed by atoms with E-state index in [1.165, 1.54) is 11.3 Å². The number of thiophene rings is 1. The van der Waals surface area contributed by atoms with Crippen molar-refractivity contribution in [3.05, 3.63) is 45.6 Å². The standard InChI is InChI=1S/C16H19NO3S/c1-3-20-12-4-7-15(11(2)8-12)17-10-14-6-5-13(21-14)9-16(18)19/h4-8,17H,3,9-10H2,1-2H3,(H,18,19). The molecule has 0 aliphatic rings. The fourth-order valence-electron chi connectivity index (χ4n) is 2.03. The van der Waals surface area contributed by atoms with Gasteiger partial charge in [0, 0.05) is 22.0 Å². The minimum atomic E-state index is -0.793. The first-order chi connectivity index (χ1) is 10.1. The summed E-state index contributed by atoms with van der Waals surface area (Å²) in [5.74, 6) is 0.0825. The minimum Gasteiger partial charge on any atom is -0.494 e. The molecule has 21 heavy (non-hydrogen) atoms. The van der Waals surface area contributed by atoms with Crippen molar-refractivity contribution in [3.63, 3.8) is 0 Å². The van der Waals surface area contributed by atoms with Gasteiger partial charge >= 0.3 is 5.97 Å². The number of carboxylic acid groups (broad SMARTS) is 1. The van der Waals surface area contributed by atoms with Crippen molar-refractivity contribution in [2.24, 2.45) is 0 Å². The van der Waals surface area contributed by atoms with Gasteiger partial charge in [-0.25, -0.2) is 0 Å². The van der Waals surface area contributed by atoms with E-state index >= 15 is 0 Å². The highest BCUT2D eigenvalue weighted by Crippen LogP contribution is 2.23. The van der Waals surface area contributed by atoms with Crippen molar-refractivity contribution >= 4 is 23.0 Å². The van der Waals surface area contributed by atoms with E-state index in [0.29, 0.717) is 13.2 Å². The van der Waals surface area contributed by atoms with Crippen LogP contribution in [0.15, 0.2) is 30.3 Å². The molecule has 2 aromatic rings. The Bertz CT molecular complexity index is 622. The van der Waals surface area contributed by atoms with Gasteiger partial charge in [-0.1, -0.05) is 0 Å². The lowest BCUT2D eigenvalue weighted by Gasteiger charge is -2.10. The van der Waals surface area contributed by atoms with E-state index in [4.69, 9.17) is 9.84 Å². The molecule has 0 fully saturated rings. The predicted molar refractivity (Wildman–Crippen MR) is 85.3 cm³/mol. The van der Waals surface area contributed by atoms with Gasteiger partial charge in [-0.3, -0.25) is 4.79 Å². The van der Waals surface area contributed by atoms with Crippen LogP contribution in [-0.4, -0.2) is 17.7 Å². The Morgan fingerprint density at radius 3 is 2.71 bits per heavy atom. The number of ether oxygens (including phenoxy) is 1. The number of hydrogen-bond acceptors (Lipinski definition) is 4. The second-order valence-corrected chi connectivity index (χ2v) is 5.95. The summed E-state index contributed by atoms with van der Waals surface area (Å²) in [7, 11) is 0. The summed E-state index contributed by atoms with van der Waals surface area (Å²) in [5.41, 5.74) is 2.19. The monoisotopic (exact) mass is 305 g/mol. The van der Waals surface area contributed by atoms with E-state index in [9.17, 15) is 4.79 Å². The van der Waals surface area contributed by atoms with E-state index in [-0.39, 0.29) is 6.42 Å². The summed E-state index contributed by atoms with van der Waals surface area (Å²) in [6.45, 7) is 5.36. The fraction of sp³-hybridized carbons (Fsp3) is 0.312. The van der Waals surface area contributed by atoms with Crippen molar-refractivity contribution < 1.29 is 14.6 Å². The van der Waals surface area contributed by atoms with Gasteiger partial charge in [-0.2, -0.15) is 0 Å². The molecule has 112 valence electrons. The van der Waals surface area contributed by atoms with E-state index < -0.39 is 5.97 Å². The summed E-state index contributed by atoms with van der Waals surface area (Å²) in [6, 6.07) is 9.81. The lowest BCUT2D eigenvalue weighted by Crippen LogP contribution is -2.00. The fourth-order valence-corrected chi connectivity index (χ4v) is 2.98. The molecule has 0 spiro atoms. The van der Waals surface area contributed by atoms with Crippen LogP contribution in [0, 0.1) is 6.92 Å². The van der Waals surface area contributed by atoms with Gasteiger partial charge in [-0.15, -0.1) is 11.3 Å². The first kappa shape index (κ1) is 15.4. The minimum absolute atomic E-state index is 0.0900. The molecule has 0 radical (unpaired) electrons. The number of aryl methyl sites for hydroxylation is 1. The van der Waals surface area contributed by atoms with E-state index in [1.54, 1.807) is 0 Å². The molecule has 0 saturated heterocycles. The van der Waals surface area contributed by atoms with Crippen LogP contribution in [0.5, 0.6) is 5.75 Å². The quantitative estimate of drug-likeness (QED) is 0.819. The Kier molecular flexibility index (Phi) is 5.22.